The zero-order valence-corrected chi connectivity index (χ0v) is 27.7. The number of benzene rings is 7. The van der Waals surface area contributed by atoms with Gasteiger partial charge < -0.3 is 4.76 Å². The molecule has 238 valence electrons. The first-order valence-electron chi connectivity index (χ1n) is 17.2. The Morgan fingerprint density at radius 3 is 1.30 bits per heavy atom. The Morgan fingerprint density at radius 2 is 0.780 bits per heavy atom. The lowest BCUT2D eigenvalue weighted by Gasteiger charge is -2.41. The molecule has 0 saturated heterocycles. The molecule has 2 nitrogen and oxygen atoms in total. The summed E-state index contributed by atoms with van der Waals surface area (Å²) in [6.45, 7) is -0.462. The van der Waals surface area contributed by atoms with Gasteiger partial charge in [0.1, 0.15) is 6.04 Å². The predicted octanol–water partition coefficient (Wildman–Crippen LogP) is 10.8. The highest BCUT2D eigenvalue weighted by Crippen LogP contribution is 2.51. The first-order chi connectivity index (χ1) is 24.9. The summed E-state index contributed by atoms with van der Waals surface area (Å²) in [5, 5.41) is 2.16. The fourth-order valence-corrected chi connectivity index (χ4v) is 7.10. The van der Waals surface area contributed by atoms with Crippen molar-refractivity contribution in [3.63, 3.8) is 0 Å². The summed E-state index contributed by atoms with van der Waals surface area (Å²) in [6.07, 6.45) is 0. The van der Waals surface area contributed by atoms with Gasteiger partial charge in [0.15, 0.2) is 0 Å². The van der Waals surface area contributed by atoms with Crippen molar-refractivity contribution in [1.29, 1.82) is 0 Å². The van der Waals surface area contributed by atoms with Crippen molar-refractivity contribution < 1.29 is 4.76 Å². The minimum Gasteiger partial charge on any atom is -0.324 e. The van der Waals surface area contributed by atoms with Crippen LogP contribution in [0.1, 0.15) is 33.9 Å². The first-order valence-corrected chi connectivity index (χ1v) is 17.2. The van der Waals surface area contributed by atoms with E-state index < -0.39 is 6.92 Å². The quantitative estimate of drug-likeness (QED) is 0.161. The molecule has 0 aromatic heterocycles. The van der Waals surface area contributed by atoms with Crippen LogP contribution < -0.4 is 10.5 Å². The minimum absolute atomic E-state index is 0.321. The summed E-state index contributed by atoms with van der Waals surface area (Å²) in [5.74, 6) is 0. The van der Waals surface area contributed by atoms with Crippen molar-refractivity contribution in [3.05, 3.63) is 240 Å². The van der Waals surface area contributed by atoms with Gasteiger partial charge in [-0.15, -0.1) is 0 Å². The SMILES string of the molecule is c1ccc(B2ON(c3ccccc3)C(c3ccccc3)/C(c3ccccc3)=C(c3ccccc3)\C(c3ccccc3)=C/2c2ccccc2)cc1. The Hall–Kier alpha value is -6.16. The van der Waals surface area contributed by atoms with Gasteiger partial charge in [0.2, 0.25) is 0 Å². The van der Waals surface area contributed by atoms with Crippen molar-refractivity contribution in [2.45, 2.75) is 6.04 Å². The summed E-state index contributed by atoms with van der Waals surface area (Å²) in [6, 6.07) is 74.9. The van der Waals surface area contributed by atoms with Crippen LogP contribution in [0.25, 0.3) is 22.2 Å². The van der Waals surface area contributed by atoms with Gasteiger partial charge in [-0.05, 0) is 67.6 Å². The normalized spacial score (nSPS) is 18.0. The fraction of sp³-hybridized carbons (Fsp3) is 0.0213. The van der Waals surface area contributed by atoms with E-state index in [2.05, 4.69) is 217 Å². The van der Waals surface area contributed by atoms with E-state index in [1.54, 1.807) is 0 Å². The number of hydrogen-bond acceptors (Lipinski definition) is 2. The second-order valence-corrected chi connectivity index (χ2v) is 12.4. The zero-order valence-electron chi connectivity index (χ0n) is 27.7. The van der Waals surface area contributed by atoms with Crippen LogP contribution in [-0.4, -0.2) is 6.92 Å². The van der Waals surface area contributed by atoms with Gasteiger partial charge in [0.25, 0.3) is 0 Å². The number of anilines is 1. The van der Waals surface area contributed by atoms with E-state index >= 15 is 0 Å². The Kier molecular flexibility index (Phi) is 9.05. The summed E-state index contributed by atoms with van der Waals surface area (Å²) in [5.41, 5.74) is 12.2. The number of hydroxylamine groups is 1. The summed E-state index contributed by atoms with van der Waals surface area (Å²) < 4.78 is 7.63. The van der Waals surface area contributed by atoms with Crippen LogP contribution in [0.5, 0.6) is 0 Å². The third-order valence-corrected chi connectivity index (χ3v) is 9.30. The molecule has 0 fully saturated rings. The molecule has 1 unspecified atom stereocenters. The van der Waals surface area contributed by atoms with Crippen molar-refractivity contribution in [1.82, 2.24) is 0 Å². The summed E-state index contributed by atoms with van der Waals surface area (Å²) >= 11 is 0. The molecule has 1 aliphatic rings. The average molecular weight is 642 g/mol. The maximum Gasteiger partial charge on any atom is 0.396 e. The lowest BCUT2D eigenvalue weighted by molar-refractivity contribution is 0.273. The third-order valence-electron chi connectivity index (χ3n) is 9.30. The van der Waals surface area contributed by atoms with E-state index in [1.165, 1.54) is 5.57 Å². The van der Waals surface area contributed by atoms with Crippen molar-refractivity contribution in [2.24, 2.45) is 0 Å². The molecule has 8 rings (SSSR count). The number of para-hydroxylation sites is 1. The van der Waals surface area contributed by atoms with Gasteiger partial charge >= 0.3 is 6.92 Å². The molecule has 0 amide bonds. The van der Waals surface area contributed by atoms with E-state index in [-0.39, 0.29) is 6.04 Å². The van der Waals surface area contributed by atoms with E-state index in [0.717, 1.165) is 55.6 Å². The monoisotopic (exact) mass is 641 g/mol. The lowest BCUT2D eigenvalue weighted by atomic mass is 9.50. The Morgan fingerprint density at radius 1 is 0.380 bits per heavy atom. The smallest absolute Gasteiger partial charge is 0.324 e. The van der Waals surface area contributed by atoms with Gasteiger partial charge in [-0.2, -0.15) is 0 Å². The Balaban J connectivity index is 1.63. The maximum absolute atomic E-state index is 7.63. The van der Waals surface area contributed by atoms with Crippen LogP contribution in [0.15, 0.2) is 212 Å². The molecule has 0 N–H and O–H groups in total. The predicted molar refractivity (Wildman–Crippen MR) is 210 cm³/mol. The molecule has 0 spiro atoms. The molecule has 0 radical (unpaired) electrons. The molecular weight excluding hydrogens is 605 g/mol. The van der Waals surface area contributed by atoms with Crippen LogP contribution in [0, 0.1) is 0 Å². The van der Waals surface area contributed by atoms with E-state index in [0.29, 0.717) is 0 Å². The van der Waals surface area contributed by atoms with Crippen LogP contribution in [0.4, 0.5) is 5.69 Å². The number of allylic oxidation sites excluding steroid dienone is 2. The van der Waals surface area contributed by atoms with E-state index in [4.69, 9.17) is 4.76 Å². The highest BCUT2D eigenvalue weighted by molar-refractivity contribution is 6.87. The van der Waals surface area contributed by atoms with Gasteiger partial charge in [-0.1, -0.05) is 200 Å². The van der Waals surface area contributed by atoms with Gasteiger partial charge in [-0.25, -0.2) is 0 Å². The van der Waals surface area contributed by atoms with Crippen molar-refractivity contribution in [3.8, 4) is 0 Å². The molecule has 0 aliphatic carbocycles. The number of nitrogens with zero attached hydrogens (tertiary/aromatic N) is 1. The van der Waals surface area contributed by atoms with Gasteiger partial charge in [0, 0.05) is 0 Å². The molecule has 50 heavy (non-hydrogen) atoms. The topological polar surface area (TPSA) is 12.5 Å². The number of rotatable bonds is 7. The van der Waals surface area contributed by atoms with Crippen LogP contribution >= 0.6 is 0 Å². The molecule has 1 aliphatic heterocycles. The van der Waals surface area contributed by atoms with Crippen molar-refractivity contribution in [2.75, 3.05) is 5.06 Å². The maximum atomic E-state index is 7.63. The van der Waals surface area contributed by atoms with Crippen LogP contribution in [0.2, 0.25) is 0 Å². The zero-order chi connectivity index (χ0) is 33.5. The molecule has 1 heterocycles. The summed E-state index contributed by atoms with van der Waals surface area (Å²) in [4.78, 5) is 0. The molecule has 0 saturated carbocycles. The first kappa shape index (κ1) is 31.1. The molecule has 7 aromatic rings. The van der Waals surface area contributed by atoms with Gasteiger partial charge in [0.05, 0.1) is 5.69 Å². The van der Waals surface area contributed by atoms with Gasteiger partial charge in [-0.3, -0.25) is 5.06 Å². The number of hydrogen-bond donors (Lipinski definition) is 0. The van der Waals surface area contributed by atoms with E-state index in [1.807, 2.05) is 0 Å². The molecule has 3 heteroatoms. The van der Waals surface area contributed by atoms with E-state index in [9.17, 15) is 0 Å². The molecular formula is C47H36BNO. The minimum atomic E-state index is -0.462. The highest BCUT2D eigenvalue weighted by atomic mass is 16.6. The molecule has 0 bridgehead atoms. The average Bonchev–Trinajstić information content (AvgIpc) is 3.20. The Labute approximate surface area is 295 Å². The fourth-order valence-electron chi connectivity index (χ4n) is 7.10. The second kappa shape index (κ2) is 14.5. The summed E-state index contributed by atoms with van der Waals surface area (Å²) in [7, 11) is 0. The van der Waals surface area contributed by atoms with Crippen LogP contribution in [-0.2, 0) is 4.76 Å². The highest BCUT2D eigenvalue weighted by Gasteiger charge is 2.41. The van der Waals surface area contributed by atoms with Crippen molar-refractivity contribution >= 4 is 40.3 Å². The Bertz CT molecular complexity index is 2200. The lowest BCUT2D eigenvalue weighted by Crippen LogP contribution is -2.45. The third kappa shape index (κ3) is 6.23. The second-order valence-electron chi connectivity index (χ2n) is 12.4. The standard InChI is InChI=1S/C47H36BNO/c1-8-22-36(23-9-1)43-44(37-24-10-2-11-25-37)46(39-28-14-4-15-29-39)48(41-32-18-6-19-33-41)50-49(42-34-20-7-21-35-42)47(40-30-16-5-17-31-40)45(43)38-26-12-3-13-27-38/h1-35,47H/b45-43-,46-44-. The van der Waals surface area contributed by atoms with Crippen LogP contribution in [0.3, 0.4) is 0 Å². The molecule has 7 aromatic carbocycles. The molecule has 1 atom stereocenters. The largest absolute Gasteiger partial charge is 0.396 e.